The molecule has 6 nitrogen and oxygen atoms in total. The molecule has 0 radical (unpaired) electrons. The number of carbonyl (C=O) groups excluding carboxylic acids is 1. The maximum absolute atomic E-state index is 10.9. The number of ether oxygens (including phenoxy) is 1. The number of carboxylic acid groups (broad SMARTS) is 1. The molecule has 0 aliphatic carbocycles. The first kappa shape index (κ1) is 12.6. The van der Waals surface area contributed by atoms with Crippen LogP contribution in [0.5, 0.6) is 11.6 Å². The van der Waals surface area contributed by atoms with Crippen LogP contribution >= 0.6 is 0 Å². The van der Waals surface area contributed by atoms with Crippen LogP contribution in [-0.4, -0.2) is 22.0 Å². The molecule has 1 amide bonds. The fourth-order valence-corrected chi connectivity index (χ4v) is 1.37. The largest absolute Gasteiger partial charge is 0.478 e. The number of hydrogen-bond acceptors (Lipinski definition) is 4. The summed E-state index contributed by atoms with van der Waals surface area (Å²) in [6, 6.07) is 8.90. The summed E-state index contributed by atoms with van der Waals surface area (Å²) in [7, 11) is 0. The Hall–Kier alpha value is -2.89. The van der Waals surface area contributed by atoms with E-state index < -0.39 is 11.9 Å². The highest BCUT2D eigenvalue weighted by molar-refractivity contribution is 5.92. The molecule has 2 aromatic rings. The Bertz CT molecular complexity index is 550. The van der Waals surface area contributed by atoms with Crippen LogP contribution in [0.15, 0.2) is 42.6 Å². The average Bonchev–Trinajstić information content (AvgIpc) is 2.40. The van der Waals surface area contributed by atoms with Gasteiger partial charge < -0.3 is 15.6 Å². The lowest BCUT2D eigenvalue weighted by molar-refractivity contribution is 0.0696. The Kier molecular flexibility index (Phi) is 3.42. The fraction of sp³-hybridized carbons (Fsp3) is 0. The van der Waals surface area contributed by atoms with E-state index >= 15 is 0 Å². The maximum Gasteiger partial charge on any atom is 0.335 e. The number of nitrogens with zero attached hydrogens (tertiary/aromatic N) is 1. The van der Waals surface area contributed by atoms with Gasteiger partial charge in [-0.1, -0.05) is 0 Å². The number of carboxylic acids is 1. The Morgan fingerprint density at radius 3 is 2.16 bits per heavy atom. The Balaban J connectivity index is 2.12. The zero-order valence-electron chi connectivity index (χ0n) is 9.74. The first-order valence-corrected chi connectivity index (χ1v) is 5.33. The van der Waals surface area contributed by atoms with E-state index in [-0.39, 0.29) is 17.0 Å². The van der Waals surface area contributed by atoms with Crippen molar-refractivity contribution in [1.29, 1.82) is 0 Å². The van der Waals surface area contributed by atoms with Gasteiger partial charge in [0, 0.05) is 12.3 Å². The number of pyridine rings is 1. The number of carbonyl (C=O) groups is 2. The standard InChI is InChI=1S/C13H10N2O4/c14-12(16)9-3-6-11(15-7-9)19-10-4-1-8(2-5-10)13(17)18/h1-7H,(H2,14,16)(H,17,18). The molecule has 0 bridgehead atoms. The summed E-state index contributed by atoms with van der Waals surface area (Å²) in [5.74, 6) is -0.835. The first-order chi connectivity index (χ1) is 9.06. The average molecular weight is 258 g/mol. The van der Waals surface area contributed by atoms with E-state index in [4.69, 9.17) is 15.6 Å². The number of amides is 1. The number of nitrogens with two attached hydrogens (primary N) is 1. The van der Waals surface area contributed by atoms with Gasteiger partial charge >= 0.3 is 5.97 Å². The highest BCUT2D eigenvalue weighted by atomic mass is 16.5. The maximum atomic E-state index is 10.9. The van der Waals surface area contributed by atoms with Gasteiger partial charge in [0.1, 0.15) is 5.75 Å². The van der Waals surface area contributed by atoms with Crippen molar-refractivity contribution in [3.8, 4) is 11.6 Å². The molecule has 3 N–H and O–H groups in total. The Morgan fingerprint density at radius 1 is 1.05 bits per heavy atom. The Labute approximate surface area is 108 Å². The van der Waals surface area contributed by atoms with Crippen molar-refractivity contribution in [1.82, 2.24) is 4.98 Å². The number of benzene rings is 1. The summed E-state index contributed by atoms with van der Waals surface area (Å²) in [5, 5.41) is 8.75. The zero-order valence-corrected chi connectivity index (χ0v) is 9.74. The van der Waals surface area contributed by atoms with Gasteiger partial charge in [0.2, 0.25) is 11.8 Å². The summed E-state index contributed by atoms with van der Waals surface area (Å²) >= 11 is 0. The third-order valence-corrected chi connectivity index (χ3v) is 2.34. The van der Waals surface area contributed by atoms with E-state index in [0.29, 0.717) is 5.75 Å². The number of rotatable bonds is 4. The molecule has 96 valence electrons. The fourth-order valence-electron chi connectivity index (χ4n) is 1.37. The van der Waals surface area contributed by atoms with E-state index in [1.165, 1.54) is 42.6 Å². The molecule has 19 heavy (non-hydrogen) atoms. The molecule has 0 aliphatic heterocycles. The second kappa shape index (κ2) is 5.18. The number of primary amides is 1. The molecule has 0 aliphatic rings. The highest BCUT2D eigenvalue weighted by Crippen LogP contribution is 2.19. The van der Waals surface area contributed by atoms with Crippen molar-refractivity contribution in [2.75, 3.05) is 0 Å². The minimum Gasteiger partial charge on any atom is -0.478 e. The molecule has 0 spiro atoms. The third kappa shape index (κ3) is 3.06. The van der Waals surface area contributed by atoms with Gasteiger partial charge in [-0.3, -0.25) is 4.79 Å². The first-order valence-electron chi connectivity index (χ1n) is 5.33. The molecule has 1 aromatic heterocycles. The lowest BCUT2D eigenvalue weighted by Gasteiger charge is -2.05. The SMILES string of the molecule is NC(=O)c1ccc(Oc2ccc(C(=O)O)cc2)nc1. The second-order valence-corrected chi connectivity index (χ2v) is 3.68. The predicted octanol–water partition coefficient (Wildman–Crippen LogP) is 1.67. The van der Waals surface area contributed by atoms with Gasteiger partial charge in [0.05, 0.1) is 11.1 Å². The lowest BCUT2D eigenvalue weighted by atomic mass is 10.2. The topological polar surface area (TPSA) is 103 Å². The van der Waals surface area contributed by atoms with Gasteiger partial charge in [-0.05, 0) is 30.3 Å². The molecule has 1 heterocycles. The van der Waals surface area contributed by atoms with E-state index in [9.17, 15) is 9.59 Å². The summed E-state index contributed by atoms with van der Waals surface area (Å²) in [5.41, 5.74) is 5.54. The van der Waals surface area contributed by atoms with E-state index in [1.807, 2.05) is 0 Å². The predicted molar refractivity (Wildman–Crippen MR) is 66.2 cm³/mol. The summed E-state index contributed by atoms with van der Waals surface area (Å²) in [6.45, 7) is 0. The molecule has 0 saturated heterocycles. The molecule has 0 fully saturated rings. The van der Waals surface area contributed by atoms with Gasteiger partial charge in [0.15, 0.2) is 0 Å². The number of hydrogen-bond donors (Lipinski definition) is 2. The molecular weight excluding hydrogens is 248 g/mol. The van der Waals surface area contributed by atoms with Crippen LogP contribution in [0.3, 0.4) is 0 Å². The molecular formula is C13H10N2O4. The van der Waals surface area contributed by atoms with Crippen molar-refractivity contribution < 1.29 is 19.4 Å². The molecule has 2 rings (SSSR count). The molecule has 1 aromatic carbocycles. The quantitative estimate of drug-likeness (QED) is 0.868. The van der Waals surface area contributed by atoms with Crippen LogP contribution in [0.4, 0.5) is 0 Å². The van der Waals surface area contributed by atoms with Crippen LogP contribution < -0.4 is 10.5 Å². The number of aromatic carboxylic acids is 1. The molecule has 0 atom stereocenters. The third-order valence-electron chi connectivity index (χ3n) is 2.34. The van der Waals surface area contributed by atoms with Gasteiger partial charge in [-0.15, -0.1) is 0 Å². The molecule has 0 saturated carbocycles. The van der Waals surface area contributed by atoms with Crippen molar-refractivity contribution in [3.63, 3.8) is 0 Å². The van der Waals surface area contributed by atoms with Crippen molar-refractivity contribution >= 4 is 11.9 Å². The lowest BCUT2D eigenvalue weighted by Crippen LogP contribution is -2.10. The number of aromatic nitrogens is 1. The molecule has 0 unspecified atom stereocenters. The van der Waals surface area contributed by atoms with Crippen molar-refractivity contribution in [2.45, 2.75) is 0 Å². The van der Waals surface area contributed by atoms with Crippen LogP contribution in [-0.2, 0) is 0 Å². The monoisotopic (exact) mass is 258 g/mol. The second-order valence-electron chi connectivity index (χ2n) is 3.68. The minimum absolute atomic E-state index is 0.171. The van der Waals surface area contributed by atoms with Gasteiger partial charge in [0.25, 0.3) is 0 Å². The van der Waals surface area contributed by atoms with Gasteiger partial charge in [-0.25, -0.2) is 9.78 Å². The molecule has 6 heteroatoms. The van der Waals surface area contributed by atoms with Gasteiger partial charge in [-0.2, -0.15) is 0 Å². The van der Waals surface area contributed by atoms with E-state index in [2.05, 4.69) is 4.98 Å². The van der Waals surface area contributed by atoms with Crippen LogP contribution in [0.2, 0.25) is 0 Å². The summed E-state index contributed by atoms with van der Waals surface area (Å²) < 4.78 is 5.39. The normalized spacial score (nSPS) is 9.89. The zero-order chi connectivity index (χ0) is 13.8. The van der Waals surface area contributed by atoms with E-state index in [1.54, 1.807) is 0 Å². The van der Waals surface area contributed by atoms with Crippen LogP contribution in [0.25, 0.3) is 0 Å². The van der Waals surface area contributed by atoms with Crippen LogP contribution in [0, 0.1) is 0 Å². The Morgan fingerprint density at radius 2 is 1.68 bits per heavy atom. The minimum atomic E-state index is -1.00. The van der Waals surface area contributed by atoms with E-state index in [0.717, 1.165) is 0 Å². The summed E-state index contributed by atoms with van der Waals surface area (Å²) in [4.78, 5) is 25.4. The summed E-state index contributed by atoms with van der Waals surface area (Å²) in [6.07, 6.45) is 1.31. The smallest absolute Gasteiger partial charge is 0.335 e. The van der Waals surface area contributed by atoms with Crippen LogP contribution in [0.1, 0.15) is 20.7 Å². The highest BCUT2D eigenvalue weighted by Gasteiger charge is 2.05. The van der Waals surface area contributed by atoms with Crippen molar-refractivity contribution in [2.24, 2.45) is 5.73 Å². The van der Waals surface area contributed by atoms with Crippen molar-refractivity contribution in [3.05, 3.63) is 53.7 Å².